The topological polar surface area (TPSA) is 49.3 Å². The molecule has 3 heterocycles. The number of halogens is 1. The Kier molecular flexibility index (Phi) is 2.86. The third-order valence-corrected chi connectivity index (χ3v) is 4.11. The Morgan fingerprint density at radius 1 is 1.39 bits per heavy atom. The molecule has 18 heavy (non-hydrogen) atoms. The lowest BCUT2D eigenvalue weighted by Crippen LogP contribution is -2.37. The van der Waals surface area contributed by atoms with Crippen molar-refractivity contribution in [2.45, 2.75) is 19.4 Å². The summed E-state index contributed by atoms with van der Waals surface area (Å²) in [5.41, 5.74) is 0. The maximum absolute atomic E-state index is 11.4. The van der Waals surface area contributed by atoms with Crippen LogP contribution >= 0.6 is 11.6 Å². The van der Waals surface area contributed by atoms with Crippen molar-refractivity contribution < 1.29 is 4.79 Å². The molecule has 2 aliphatic heterocycles. The van der Waals surface area contributed by atoms with Crippen molar-refractivity contribution in [3.05, 3.63) is 17.3 Å². The van der Waals surface area contributed by atoms with Gasteiger partial charge in [0.05, 0.1) is 6.04 Å². The first kappa shape index (κ1) is 11.7. The van der Waals surface area contributed by atoms with Gasteiger partial charge in [-0.15, -0.1) is 10.2 Å². The minimum atomic E-state index is 0.159. The van der Waals surface area contributed by atoms with E-state index in [9.17, 15) is 4.79 Å². The predicted octanol–water partition coefficient (Wildman–Crippen LogP) is 1.19. The zero-order valence-corrected chi connectivity index (χ0v) is 11.0. The van der Waals surface area contributed by atoms with Crippen molar-refractivity contribution in [3.63, 3.8) is 0 Å². The van der Waals surface area contributed by atoms with E-state index in [0.29, 0.717) is 17.1 Å². The maximum Gasteiger partial charge on any atom is 0.219 e. The molecule has 0 bridgehead atoms. The lowest BCUT2D eigenvalue weighted by atomic mass is 10.1. The van der Waals surface area contributed by atoms with Gasteiger partial charge in [0.1, 0.15) is 0 Å². The largest absolute Gasteiger partial charge is 0.350 e. The Bertz CT molecular complexity index is 464. The van der Waals surface area contributed by atoms with E-state index in [-0.39, 0.29) is 5.91 Å². The van der Waals surface area contributed by atoms with Crippen molar-refractivity contribution in [1.29, 1.82) is 0 Å². The summed E-state index contributed by atoms with van der Waals surface area (Å²) >= 11 is 5.75. The standard InChI is InChI=1S/C12H15ClN4O/c1-8(18)16-6-9-4-5-17(10(9)7-16)12-3-2-11(13)14-15-12/h2-3,9-10H,4-7H2,1H3. The second-order valence-electron chi connectivity index (χ2n) is 4.95. The van der Waals surface area contributed by atoms with Gasteiger partial charge in [-0.05, 0) is 18.6 Å². The number of carbonyl (C=O) groups excluding carboxylic acids is 1. The number of hydrogen-bond acceptors (Lipinski definition) is 4. The molecule has 0 radical (unpaired) electrons. The van der Waals surface area contributed by atoms with Crippen molar-refractivity contribution in [2.75, 3.05) is 24.5 Å². The molecule has 0 N–H and O–H groups in total. The molecule has 2 aliphatic rings. The van der Waals surface area contributed by atoms with Crippen molar-refractivity contribution in [2.24, 2.45) is 5.92 Å². The average Bonchev–Trinajstić information content (AvgIpc) is 2.89. The van der Waals surface area contributed by atoms with Gasteiger partial charge in [0.2, 0.25) is 5.91 Å². The fourth-order valence-corrected chi connectivity index (χ4v) is 3.07. The third-order valence-electron chi connectivity index (χ3n) is 3.91. The van der Waals surface area contributed by atoms with E-state index in [2.05, 4.69) is 15.1 Å². The molecular weight excluding hydrogens is 252 g/mol. The highest BCUT2D eigenvalue weighted by molar-refractivity contribution is 6.29. The van der Waals surface area contributed by atoms with Crippen molar-refractivity contribution in [3.8, 4) is 0 Å². The summed E-state index contributed by atoms with van der Waals surface area (Å²) in [7, 11) is 0. The van der Waals surface area contributed by atoms with Crippen LogP contribution in [0.3, 0.4) is 0 Å². The molecule has 0 aromatic carbocycles. The molecule has 2 unspecified atom stereocenters. The van der Waals surface area contributed by atoms with Gasteiger partial charge in [0.25, 0.3) is 0 Å². The van der Waals surface area contributed by atoms with Gasteiger partial charge in [-0.2, -0.15) is 0 Å². The van der Waals surface area contributed by atoms with Crippen LogP contribution in [0.1, 0.15) is 13.3 Å². The van der Waals surface area contributed by atoms with Gasteiger partial charge in [-0.25, -0.2) is 0 Å². The molecule has 3 rings (SSSR count). The van der Waals surface area contributed by atoms with E-state index in [1.165, 1.54) is 0 Å². The van der Waals surface area contributed by atoms with E-state index in [0.717, 1.165) is 31.9 Å². The van der Waals surface area contributed by atoms with Crippen LogP contribution in [0.4, 0.5) is 5.82 Å². The zero-order chi connectivity index (χ0) is 12.7. The molecule has 0 spiro atoms. The Morgan fingerprint density at radius 2 is 2.22 bits per heavy atom. The number of carbonyl (C=O) groups is 1. The average molecular weight is 267 g/mol. The number of anilines is 1. The van der Waals surface area contributed by atoms with E-state index < -0.39 is 0 Å². The first-order valence-corrected chi connectivity index (χ1v) is 6.54. The first-order chi connectivity index (χ1) is 8.65. The first-order valence-electron chi connectivity index (χ1n) is 6.16. The van der Waals surface area contributed by atoms with Crippen LogP contribution in [-0.2, 0) is 4.79 Å². The monoisotopic (exact) mass is 266 g/mol. The molecular formula is C12H15ClN4O. The number of amides is 1. The second-order valence-corrected chi connectivity index (χ2v) is 5.34. The maximum atomic E-state index is 11.4. The van der Waals surface area contributed by atoms with Gasteiger partial charge < -0.3 is 9.80 Å². The number of rotatable bonds is 1. The van der Waals surface area contributed by atoms with Gasteiger partial charge in [-0.1, -0.05) is 11.6 Å². The minimum Gasteiger partial charge on any atom is -0.350 e. The highest BCUT2D eigenvalue weighted by atomic mass is 35.5. The molecule has 0 saturated carbocycles. The fourth-order valence-electron chi connectivity index (χ4n) is 2.97. The van der Waals surface area contributed by atoms with E-state index in [1.807, 2.05) is 11.0 Å². The van der Waals surface area contributed by atoms with Gasteiger partial charge in [0, 0.05) is 32.5 Å². The Labute approximate surface area is 111 Å². The summed E-state index contributed by atoms with van der Waals surface area (Å²) in [5, 5.41) is 8.42. The highest BCUT2D eigenvalue weighted by Crippen LogP contribution is 2.34. The smallest absolute Gasteiger partial charge is 0.219 e. The van der Waals surface area contributed by atoms with Gasteiger partial charge >= 0.3 is 0 Å². The van der Waals surface area contributed by atoms with Crippen LogP contribution in [0.25, 0.3) is 0 Å². The van der Waals surface area contributed by atoms with Gasteiger partial charge in [0.15, 0.2) is 11.0 Å². The van der Waals surface area contributed by atoms with E-state index >= 15 is 0 Å². The minimum absolute atomic E-state index is 0.159. The van der Waals surface area contributed by atoms with Crippen LogP contribution in [0, 0.1) is 5.92 Å². The molecule has 1 aromatic rings. The quantitative estimate of drug-likeness (QED) is 0.766. The van der Waals surface area contributed by atoms with Crippen LogP contribution in [0.2, 0.25) is 5.15 Å². The van der Waals surface area contributed by atoms with E-state index in [4.69, 9.17) is 11.6 Å². The molecule has 2 fully saturated rings. The second kappa shape index (κ2) is 4.39. The summed E-state index contributed by atoms with van der Waals surface area (Å²) in [6, 6.07) is 4.03. The highest BCUT2D eigenvalue weighted by Gasteiger charge is 2.42. The van der Waals surface area contributed by atoms with E-state index in [1.54, 1.807) is 13.0 Å². The number of hydrogen-bond donors (Lipinski definition) is 0. The zero-order valence-electron chi connectivity index (χ0n) is 10.2. The van der Waals surface area contributed by atoms with Crippen molar-refractivity contribution >= 4 is 23.3 Å². The Morgan fingerprint density at radius 3 is 2.89 bits per heavy atom. The lowest BCUT2D eigenvalue weighted by Gasteiger charge is -2.25. The normalized spacial score (nSPS) is 26.6. The number of aromatic nitrogens is 2. The summed E-state index contributed by atoms with van der Waals surface area (Å²) < 4.78 is 0. The molecule has 1 amide bonds. The third kappa shape index (κ3) is 1.92. The molecule has 2 atom stereocenters. The van der Waals surface area contributed by atoms with Gasteiger partial charge in [-0.3, -0.25) is 4.79 Å². The molecule has 0 aliphatic carbocycles. The molecule has 5 nitrogen and oxygen atoms in total. The molecule has 6 heteroatoms. The molecule has 96 valence electrons. The number of fused-ring (bicyclic) bond motifs is 1. The number of nitrogens with zero attached hydrogens (tertiary/aromatic N) is 4. The summed E-state index contributed by atoms with van der Waals surface area (Å²) in [6.07, 6.45) is 1.11. The fraction of sp³-hybridized carbons (Fsp3) is 0.583. The predicted molar refractivity (Wildman–Crippen MR) is 68.5 cm³/mol. The Balaban J connectivity index is 1.79. The lowest BCUT2D eigenvalue weighted by molar-refractivity contribution is -0.128. The number of likely N-dealkylation sites (tertiary alicyclic amines) is 1. The summed E-state index contributed by atoms with van der Waals surface area (Å²) in [6.45, 7) is 4.28. The van der Waals surface area contributed by atoms with Crippen molar-refractivity contribution in [1.82, 2.24) is 15.1 Å². The van der Waals surface area contributed by atoms with Crippen LogP contribution in [0.15, 0.2) is 12.1 Å². The molecule has 2 saturated heterocycles. The summed E-state index contributed by atoms with van der Waals surface area (Å²) in [5.74, 6) is 1.58. The van der Waals surface area contributed by atoms with Crippen LogP contribution < -0.4 is 4.90 Å². The summed E-state index contributed by atoms with van der Waals surface area (Å²) in [4.78, 5) is 15.6. The SMILES string of the molecule is CC(=O)N1CC2CCN(c3ccc(Cl)nn3)C2C1. The van der Waals surface area contributed by atoms with Crippen LogP contribution in [0.5, 0.6) is 0 Å². The van der Waals surface area contributed by atoms with Crippen LogP contribution in [-0.4, -0.2) is 46.7 Å². The molecule has 1 aromatic heterocycles. The Hall–Kier alpha value is -1.36.